The van der Waals surface area contributed by atoms with Crippen LogP contribution in [0.4, 0.5) is 11.6 Å². The first-order valence-corrected chi connectivity index (χ1v) is 5.79. The first kappa shape index (κ1) is 11.4. The van der Waals surface area contributed by atoms with Crippen molar-refractivity contribution < 1.29 is 9.59 Å². The number of hydrogen-bond donors (Lipinski definition) is 2. The number of nitrogens with zero attached hydrogens (tertiary/aromatic N) is 3. The Labute approximate surface area is 108 Å². The summed E-state index contributed by atoms with van der Waals surface area (Å²) in [5.74, 6) is -0.129. The van der Waals surface area contributed by atoms with E-state index in [1.165, 1.54) is 11.0 Å². The number of nitrogens with one attached hydrogen (secondary N) is 2. The maximum absolute atomic E-state index is 11.9. The fourth-order valence-corrected chi connectivity index (χ4v) is 1.96. The predicted octanol–water partition coefficient (Wildman–Crippen LogP) is 0.800. The molecule has 0 bridgehead atoms. The zero-order chi connectivity index (χ0) is 13.2. The molecule has 3 rings (SSSR count). The molecular formula is C12H11N5O2. The van der Waals surface area contributed by atoms with Gasteiger partial charge in [0.1, 0.15) is 12.4 Å². The van der Waals surface area contributed by atoms with E-state index in [9.17, 15) is 9.59 Å². The van der Waals surface area contributed by atoms with Gasteiger partial charge in [-0.1, -0.05) is 18.2 Å². The first-order chi connectivity index (χ1) is 9.24. The lowest BCUT2D eigenvalue weighted by atomic mass is 10.2. The first-order valence-electron chi connectivity index (χ1n) is 5.79. The zero-order valence-corrected chi connectivity index (χ0v) is 9.91. The van der Waals surface area contributed by atoms with E-state index in [2.05, 4.69) is 20.7 Å². The third kappa shape index (κ3) is 2.17. The van der Waals surface area contributed by atoms with Crippen LogP contribution in [0.2, 0.25) is 0 Å². The molecule has 2 N–H and O–H groups in total. The Kier molecular flexibility index (Phi) is 2.71. The van der Waals surface area contributed by atoms with Crippen LogP contribution < -0.4 is 10.6 Å². The lowest BCUT2D eigenvalue weighted by molar-refractivity contribution is -0.123. The van der Waals surface area contributed by atoms with E-state index in [1.54, 1.807) is 12.1 Å². The van der Waals surface area contributed by atoms with Gasteiger partial charge in [-0.25, -0.2) is 4.68 Å². The van der Waals surface area contributed by atoms with E-state index in [-0.39, 0.29) is 18.2 Å². The minimum absolute atomic E-state index is 0.0249. The second-order valence-electron chi connectivity index (χ2n) is 4.15. The molecule has 2 amide bonds. The third-order valence-electron chi connectivity index (χ3n) is 2.84. The largest absolute Gasteiger partial charge is 0.326 e. The minimum atomic E-state index is -0.638. The zero-order valence-electron chi connectivity index (χ0n) is 9.91. The molecule has 0 radical (unpaired) electrons. The normalized spacial score (nSPS) is 16.8. The van der Waals surface area contributed by atoms with Crippen molar-refractivity contribution in [2.45, 2.75) is 12.5 Å². The highest BCUT2D eigenvalue weighted by Crippen LogP contribution is 2.23. The van der Waals surface area contributed by atoms with Crippen molar-refractivity contribution in [1.82, 2.24) is 14.8 Å². The molecule has 96 valence electrons. The van der Waals surface area contributed by atoms with Gasteiger partial charge in [0.2, 0.25) is 11.9 Å². The van der Waals surface area contributed by atoms with Crippen LogP contribution in [0.15, 0.2) is 36.7 Å². The quantitative estimate of drug-likeness (QED) is 0.851. The Morgan fingerprint density at radius 1 is 1.37 bits per heavy atom. The van der Waals surface area contributed by atoms with Gasteiger partial charge < -0.3 is 5.32 Å². The fraction of sp³-hybridized carbons (Fsp3) is 0.167. The molecular weight excluding hydrogens is 246 g/mol. The van der Waals surface area contributed by atoms with Crippen molar-refractivity contribution in [3.8, 4) is 0 Å². The highest BCUT2D eigenvalue weighted by atomic mass is 16.2. The molecule has 7 heteroatoms. The lowest BCUT2D eigenvalue weighted by Gasteiger charge is -2.09. The van der Waals surface area contributed by atoms with Crippen LogP contribution in [-0.2, 0) is 9.59 Å². The summed E-state index contributed by atoms with van der Waals surface area (Å²) in [7, 11) is 0. The Hall–Kier alpha value is -2.70. The number of amides is 2. The molecule has 19 heavy (non-hydrogen) atoms. The molecule has 1 aliphatic heterocycles. The average molecular weight is 257 g/mol. The second kappa shape index (κ2) is 4.52. The van der Waals surface area contributed by atoms with Gasteiger partial charge >= 0.3 is 0 Å². The highest BCUT2D eigenvalue weighted by Gasteiger charge is 2.33. The molecule has 0 unspecified atom stereocenters. The number of aromatic nitrogens is 3. The Morgan fingerprint density at radius 2 is 2.16 bits per heavy atom. The SMILES string of the molecule is O=C(C[C@@H]1C(=O)Nc2ncnn21)Nc1ccccc1. The molecule has 0 spiro atoms. The van der Waals surface area contributed by atoms with Crippen LogP contribution in [-0.4, -0.2) is 26.6 Å². The second-order valence-corrected chi connectivity index (χ2v) is 4.15. The summed E-state index contributed by atoms with van der Waals surface area (Å²) >= 11 is 0. The van der Waals surface area contributed by atoms with Crippen molar-refractivity contribution in [3.05, 3.63) is 36.7 Å². The number of carbonyl (C=O) groups is 2. The lowest BCUT2D eigenvalue weighted by Crippen LogP contribution is -2.23. The van der Waals surface area contributed by atoms with E-state index in [1.807, 2.05) is 18.2 Å². The van der Waals surface area contributed by atoms with Gasteiger partial charge in [0.15, 0.2) is 0 Å². The third-order valence-corrected chi connectivity index (χ3v) is 2.84. The molecule has 0 saturated heterocycles. The van der Waals surface area contributed by atoms with Crippen LogP contribution in [0, 0.1) is 0 Å². The van der Waals surface area contributed by atoms with E-state index in [0.717, 1.165) is 0 Å². The average Bonchev–Trinajstić information content (AvgIpc) is 2.94. The maximum Gasteiger partial charge on any atom is 0.252 e. The van der Waals surface area contributed by atoms with Crippen LogP contribution in [0.1, 0.15) is 12.5 Å². The summed E-state index contributed by atoms with van der Waals surface area (Å²) < 4.78 is 1.42. The van der Waals surface area contributed by atoms with Gasteiger partial charge in [0, 0.05) is 5.69 Å². The maximum atomic E-state index is 11.9. The Morgan fingerprint density at radius 3 is 2.95 bits per heavy atom. The van der Waals surface area contributed by atoms with Crippen molar-refractivity contribution in [3.63, 3.8) is 0 Å². The molecule has 1 atom stereocenters. The predicted molar refractivity (Wildman–Crippen MR) is 67.4 cm³/mol. The fourth-order valence-electron chi connectivity index (χ4n) is 1.96. The van der Waals surface area contributed by atoms with Crippen LogP contribution in [0.25, 0.3) is 0 Å². The van der Waals surface area contributed by atoms with Crippen molar-refractivity contribution in [1.29, 1.82) is 0 Å². The molecule has 0 aliphatic carbocycles. The summed E-state index contributed by atoms with van der Waals surface area (Å²) in [4.78, 5) is 27.5. The van der Waals surface area contributed by atoms with Crippen molar-refractivity contribution >= 4 is 23.5 Å². The molecule has 1 aromatic heterocycles. The van der Waals surface area contributed by atoms with Crippen LogP contribution in [0.3, 0.4) is 0 Å². The van der Waals surface area contributed by atoms with Gasteiger partial charge in [-0.3, -0.25) is 14.9 Å². The molecule has 0 saturated carbocycles. The molecule has 7 nitrogen and oxygen atoms in total. The van der Waals surface area contributed by atoms with Crippen LogP contribution in [0.5, 0.6) is 0 Å². The number of anilines is 2. The van der Waals surface area contributed by atoms with E-state index < -0.39 is 6.04 Å². The smallest absolute Gasteiger partial charge is 0.252 e. The number of para-hydroxylation sites is 1. The van der Waals surface area contributed by atoms with Crippen molar-refractivity contribution in [2.75, 3.05) is 10.6 Å². The number of hydrogen-bond acceptors (Lipinski definition) is 4. The van der Waals surface area contributed by atoms with Gasteiger partial charge in [0.25, 0.3) is 5.91 Å². The van der Waals surface area contributed by atoms with E-state index in [0.29, 0.717) is 11.6 Å². The minimum Gasteiger partial charge on any atom is -0.326 e. The van der Waals surface area contributed by atoms with Gasteiger partial charge in [-0.15, -0.1) is 0 Å². The van der Waals surface area contributed by atoms with Crippen molar-refractivity contribution in [2.24, 2.45) is 0 Å². The molecule has 0 fully saturated rings. The Balaban J connectivity index is 1.69. The summed E-state index contributed by atoms with van der Waals surface area (Å²) in [6.45, 7) is 0. The highest BCUT2D eigenvalue weighted by molar-refractivity contribution is 6.00. The number of fused-ring (bicyclic) bond motifs is 1. The number of carbonyl (C=O) groups excluding carboxylic acids is 2. The van der Waals surface area contributed by atoms with Crippen LogP contribution >= 0.6 is 0 Å². The topological polar surface area (TPSA) is 88.9 Å². The standard InChI is InChI=1S/C12H11N5O2/c18-10(15-8-4-2-1-3-5-8)6-9-11(19)16-12-13-7-14-17(9)12/h1-5,7,9H,6H2,(H,15,18)(H,13,14,16,19)/t9-/m1/s1. The molecule has 1 aromatic carbocycles. The number of rotatable bonds is 3. The van der Waals surface area contributed by atoms with Gasteiger partial charge in [0.05, 0.1) is 6.42 Å². The molecule has 2 heterocycles. The Bertz CT molecular complexity index is 622. The monoisotopic (exact) mass is 257 g/mol. The van der Waals surface area contributed by atoms with Gasteiger partial charge in [-0.05, 0) is 12.1 Å². The molecule has 2 aromatic rings. The summed E-state index contributed by atoms with van der Waals surface area (Å²) in [6, 6.07) is 8.45. The van der Waals surface area contributed by atoms with E-state index >= 15 is 0 Å². The van der Waals surface area contributed by atoms with Gasteiger partial charge in [-0.2, -0.15) is 10.1 Å². The number of benzene rings is 1. The summed E-state index contributed by atoms with van der Waals surface area (Å²) in [5.41, 5.74) is 0.699. The summed E-state index contributed by atoms with van der Waals surface area (Å²) in [6.07, 6.45) is 1.37. The molecule has 1 aliphatic rings. The summed E-state index contributed by atoms with van der Waals surface area (Å²) in [5, 5.41) is 9.23. The van der Waals surface area contributed by atoms with E-state index in [4.69, 9.17) is 0 Å².